The van der Waals surface area contributed by atoms with Crippen LogP contribution >= 0.6 is 13.5 Å². The van der Waals surface area contributed by atoms with E-state index in [0.717, 1.165) is 5.69 Å². The lowest BCUT2D eigenvalue weighted by Gasteiger charge is -2.24. The Bertz CT molecular complexity index is 1420. The van der Waals surface area contributed by atoms with Gasteiger partial charge < -0.3 is 28.7 Å². The topological polar surface area (TPSA) is 123 Å². The van der Waals surface area contributed by atoms with Gasteiger partial charge in [-0.1, -0.05) is 0 Å². The van der Waals surface area contributed by atoms with E-state index in [1.165, 1.54) is 6.26 Å². The Morgan fingerprint density at radius 2 is 1.97 bits per heavy atom. The number of halogens is 1. The molecule has 2 fully saturated rings. The Morgan fingerprint density at radius 1 is 1.14 bits per heavy atom. The van der Waals surface area contributed by atoms with E-state index < -0.39 is 12.1 Å². The Hall–Kier alpha value is -3.71. The maximum Gasteiger partial charge on any atom is 0.300 e. The number of aryl methyl sites for hydroxylation is 1. The largest absolute Gasteiger partial charge is 0.444 e. The first-order chi connectivity index (χ1) is 17.5. The normalized spacial score (nSPS) is 17.7. The number of oxazole rings is 2. The molecular formula is C24H26FN7O4S. The number of nitrogens with zero attached hydrogens (tertiary/aromatic N) is 6. The SMILES string of the molecule is Cc1cc(-c2nc(C(=O)Nc3cc4oc(N5CCOCC5)nc4nc3N3CC[C@H](F)C3)co2)ccn1.S. The number of morpholine rings is 1. The molecule has 4 aromatic heterocycles. The summed E-state index contributed by atoms with van der Waals surface area (Å²) < 4.78 is 30.9. The van der Waals surface area contributed by atoms with Crippen LogP contribution in [0.4, 0.5) is 21.9 Å². The molecule has 6 rings (SSSR count). The number of ether oxygens (including phenoxy) is 1. The van der Waals surface area contributed by atoms with Gasteiger partial charge in [0.15, 0.2) is 17.1 Å². The molecule has 0 saturated carbocycles. The number of fused-ring (bicyclic) bond motifs is 1. The molecule has 2 aliphatic heterocycles. The van der Waals surface area contributed by atoms with Crippen LogP contribution < -0.4 is 15.1 Å². The Balaban J connectivity index is 0.00000280. The number of carbonyl (C=O) groups is 1. The van der Waals surface area contributed by atoms with Gasteiger partial charge in [-0.15, -0.1) is 0 Å². The number of amides is 1. The number of alkyl halides is 1. The van der Waals surface area contributed by atoms with E-state index in [9.17, 15) is 9.18 Å². The molecule has 0 spiro atoms. The third-order valence-electron chi connectivity index (χ3n) is 6.19. The molecule has 0 aliphatic carbocycles. The molecule has 13 heteroatoms. The third kappa shape index (κ3) is 5.09. The summed E-state index contributed by atoms with van der Waals surface area (Å²) in [7, 11) is 0. The monoisotopic (exact) mass is 527 g/mol. The molecular weight excluding hydrogens is 501 g/mol. The molecule has 1 atom stereocenters. The second kappa shape index (κ2) is 10.3. The van der Waals surface area contributed by atoms with Crippen LogP contribution in [0.25, 0.3) is 22.7 Å². The van der Waals surface area contributed by atoms with Gasteiger partial charge in [-0.2, -0.15) is 18.5 Å². The minimum absolute atomic E-state index is 0. The van der Waals surface area contributed by atoms with Gasteiger partial charge in [-0.3, -0.25) is 9.78 Å². The van der Waals surface area contributed by atoms with Crippen molar-refractivity contribution in [3.8, 4) is 11.5 Å². The second-order valence-corrected chi connectivity index (χ2v) is 8.79. The van der Waals surface area contributed by atoms with Gasteiger partial charge in [-0.05, 0) is 25.5 Å². The lowest BCUT2D eigenvalue weighted by Crippen LogP contribution is -2.36. The molecule has 1 amide bonds. The Morgan fingerprint density at radius 3 is 2.73 bits per heavy atom. The number of aromatic nitrogens is 4. The van der Waals surface area contributed by atoms with E-state index in [2.05, 4.69) is 25.3 Å². The van der Waals surface area contributed by atoms with E-state index in [0.29, 0.717) is 79.5 Å². The quantitative estimate of drug-likeness (QED) is 0.413. The van der Waals surface area contributed by atoms with Crippen LogP contribution in [0.5, 0.6) is 0 Å². The first kappa shape index (κ1) is 25.0. The number of pyridine rings is 2. The molecule has 2 saturated heterocycles. The molecule has 37 heavy (non-hydrogen) atoms. The Kier molecular flexibility index (Phi) is 6.98. The van der Waals surface area contributed by atoms with Crippen LogP contribution in [-0.2, 0) is 4.74 Å². The minimum atomic E-state index is -0.964. The fraction of sp³-hybridized carbons (Fsp3) is 0.375. The smallest absolute Gasteiger partial charge is 0.300 e. The van der Waals surface area contributed by atoms with Crippen LogP contribution in [0, 0.1) is 6.92 Å². The lowest BCUT2D eigenvalue weighted by molar-refractivity contribution is 0.102. The van der Waals surface area contributed by atoms with Crippen molar-refractivity contribution in [2.75, 3.05) is 54.5 Å². The summed E-state index contributed by atoms with van der Waals surface area (Å²) in [6.45, 7) is 5.01. The van der Waals surface area contributed by atoms with Crippen molar-refractivity contribution in [3.63, 3.8) is 0 Å². The third-order valence-corrected chi connectivity index (χ3v) is 6.19. The van der Waals surface area contributed by atoms with Gasteiger partial charge in [0, 0.05) is 43.2 Å². The molecule has 0 unspecified atom stereocenters. The van der Waals surface area contributed by atoms with Crippen LogP contribution in [0.1, 0.15) is 22.6 Å². The number of anilines is 3. The Labute approximate surface area is 218 Å². The molecule has 11 nitrogen and oxygen atoms in total. The average molecular weight is 528 g/mol. The van der Waals surface area contributed by atoms with Crippen LogP contribution in [0.15, 0.2) is 39.5 Å². The molecule has 0 bridgehead atoms. The summed E-state index contributed by atoms with van der Waals surface area (Å²) in [4.78, 5) is 34.6. The van der Waals surface area contributed by atoms with E-state index in [1.54, 1.807) is 23.2 Å². The van der Waals surface area contributed by atoms with Crippen LogP contribution in [-0.4, -0.2) is 71.4 Å². The predicted molar refractivity (Wildman–Crippen MR) is 139 cm³/mol. The van der Waals surface area contributed by atoms with Crippen LogP contribution in [0.2, 0.25) is 0 Å². The summed E-state index contributed by atoms with van der Waals surface area (Å²) in [5.41, 5.74) is 2.82. The minimum Gasteiger partial charge on any atom is -0.444 e. The zero-order chi connectivity index (χ0) is 24.6. The first-order valence-corrected chi connectivity index (χ1v) is 11.8. The summed E-state index contributed by atoms with van der Waals surface area (Å²) in [5, 5.41) is 2.85. The number of hydrogen-bond acceptors (Lipinski definition) is 10. The highest BCUT2D eigenvalue weighted by molar-refractivity contribution is 7.59. The van der Waals surface area contributed by atoms with E-state index in [4.69, 9.17) is 13.6 Å². The van der Waals surface area contributed by atoms with Crippen molar-refractivity contribution < 1.29 is 22.8 Å². The van der Waals surface area contributed by atoms with Crippen molar-refractivity contribution >= 4 is 48.2 Å². The fourth-order valence-corrected chi connectivity index (χ4v) is 4.35. The molecule has 6 heterocycles. The van der Waals surface area contributed by atoms with Crippen molar-refractivity contribution in [1.29, 1.82) is 0 Å². The zero-order valence-electron chi connectivity index (χ0n) is 20.1. The maximum absolute atomic E-state index is 14.0. The zero-order valence-corrected chi connectivity index (χ0v) is 21.1. The van der Waals surface area contributed by atoms with Gasteiger partial charge in [0.25, 0.3) is 11.9 Å². The highest BCUT2D eigenvalue weighted by Gasteiger charge is 2.28. The van der Waals surface area contributed by atoms with Gasteiger partial charge in [0.2, 0.25) is 11.5 Å². The van der Waals surface area contributed by atoms with E-state index >= 15 is 0 Å². The van der Waals surface area contributed by atoms with Gasteiger partial charge in [0.05, 0.1) is 25.4 Å². The van der Waals surface area contributed by atoms with Gasteiger partial charge in [-0.25, -0.2) is 14.4 Å². The van der Waals surface area contributed by atoms with Crippen LogP contribution in [0.3, 0.4) is 0 Å². The highest BCUT2D eigenvalue weighted by atomic mass is 32.1. The van der Waals surface area contributed by atoms with Gasteiger partial charge >= 0.3 is 0 Å². The lowest BCUT2D eigenvalue weighted by atomic mass is 10.2. The predicted octanol–water partition coefficient (Wildman–Crippen LogP) is 3.33. The number of rotatable bonds is 5. The molecule has 4 aromatic rings. The second-order valence-electron chi connectivity index (χ2n) is 8.79. The first-order valence-electron chi connectivity index (χ1n) is 11.8. The number of hydrogen-bond donors (Lipinski definition) is 1. The molecule has 0 radical (unpaired) electrons. The van der Waals surface area contributed by atoms with E-state index in [-0.39, 0.29) is 25.7 Å². The van der Waals surface area contributed by atoms with Crippen molar-refractivity contribution in [1.82, 2.24) is 19.9 Å². The fourth-order valence-electron chi connectivity index (χ4n) is 4.35. The van der Waals surface area contributed by atoms with Crippen molar-refractivity contribution in [2.24, 2.45) is 0 Å². The average Bonchev–Trinajstić information content (AvgIpc) is 3.63. The molecule has 2 aliphatic rings. The van der Waals surface area contributed by atoms with Gasteiger partial charge in [0.1, 0.15) is 12.4 Å². The maximum atomic E-state index is 14.0. The number of carbonyl (C=O) groups excluding carboxylic acids is 1. The summed E-state index contributed by atoms with van der Waals surface area (Å²) >= 11 is 0. The molecule has 194 valence electrons. The standard InChI is InChI=1S/C24H24FN7O4.H2S/c1-14-10-15(2-4-26-14)23-28-18(13-35-23)22(33)27-17-11-19-20(29-21(17)32-5-3-16(25)12-32)30-24(36-19)31-6-8-34-9-7-31;/h2,4,10-11,13,16H,3,5-9,12H2,1H3,(H,27,33);1H2/t16-;/m0./s1. The molecule has 0 aromatic carbocycles. The number of nitrogens with one attached hydrogen (secondary N) is 1. The molecule has 1 N–H and O–H groups in total. The summed E-state index contributed by atoms with van der Waals surface area (Å²) in [6.07, 6.45) is 2.38. The van der Waals surface area contributed by atoms with E-state index in [1.807, 2.05) is 17.9 Å². The van der Waals surface area contributed by atoms with Crippen molar-refractivity contribution in [2.45, 2.75) is 19.5 Å². The summed E-state index contributed by atoms with van der Waals surface area (Å²) in [6, 6.07) is 5.69. The highest BCUT2D eigenvalue weighted by Crippen LogP contribution is 2.33. The summed E-state index contributed by atoms with van der Waals surface area (Å²) in [5.74, 6) is 0.262. The van der Waals surface area contributed by atoms with Crippen molar-refractivity contribution in [3.05, 3.63) is 42.0 Å².